The fourth-order valence-electron chi connectivity index (χ4n) is 2.42. The average molecular weight is 386 g/mol. The van der Waals surface area contributed by atoms with Crippen molar-refractivity contribution in [1.82, 2.24) is 0 Å². The van der Waals surface area contributed by atoms with E-state index in [1.54, 1.807) is 0 Å². The lowest BCUT2D eigenvalue weighted by Gasteiger charge is -2.06. The van der Waals surface area contributed by atoms with Crippen molar-refractivity contribution in [1.29, 1.82) is 0 Å². The highest BCUT2D eigenvalue weighted by Gasteiger charge is 2.19. The molecule has 0 spiro atoms. The van der Waals surface area contributed by atoms with Crippen LogP contribution in [-0.4, -0.2) is 22.7 Å². The molecule has 9 heteroatoms. The van der Waals surface area contributed by atoms with Gasteiger partial charge in [0.2, 0.25) is 0 Å². The van der Waals surface area contributed by atoms with Crippen molar-refractivity contribution >= 4 is 23.3 Å². The van der Waals surface area contributed by atoms with Crippen LogP contribution in [0.2, 0.25) is 0 Å². The standard InChI is InChI=1S/C19H22N4O5/c1-2-3-4-5-12-28-17-9-6-15(7-10-17)14-20-21-18-11-8-16(22(24)25)13-19(18)23(26)27/h6-11,13-14,21H,2-5,12H2,1H3. The van der Waals surface area contributed by atoms with Gasteiger partial charge in [-0.05, 0) is 42.3 Å². The van der Waals surface area contributed by atoms with Crippen molar-refractivity contribution in [2.24, 2.45) is 5.10 Å². The van der Waals surface area contributed by atoms with Gasteiger partial charge in [0.15, 0.2) is 0 Å². The van der Waals surface area contributed by atoms with Crippen molar-refractivity contribution in [3.63, 3.8) is 0 Å². The van der Waals surface area contributed by atoms with Gasteiger partial charge in [0.25, 0.3) is 5.69 Å². The molecular formula is C19H22N4O5. The number of nitro groups is 2. The molecule has 2 aromatic carbocycles. The minimum absolute atomic E-state index is 0.0684. The Balaban J connectivity index is 1.94. The van der Waals surface area contributed by atoms with E-state index in [9.17, 15) is 20.2 Å². The Morgan fingerprint density at radius 1 is 1.04 bits per heavy atom. The highest BCUT2D eigenvalue weighted by molar-refractivity contribution is 5.80. The van der Waals surface area contributed by atoms with Crippen LogP contribution >= 0.6 is 0 Å². The second-order valence-corrected chi connectivity index (χ2v) is 6.06. The van der Waals surface area contributed by atoms with E-state index in [0.29, 0.717) is 6.61 Å². The SMILES string of the molecule is CCCCCCOc1ccc(C=NNc2ccc([N+](=O)[O-])cc2[N+](=O)[O-])cc1. The predicted molar refractivity (Wildman–Crippen MR) is 107 cm³/mol. The first-order valence-electron chi connectivity index (χ1n) is 8.96. The van der Waals surface area contributed by atoms with Crippen LogP contribution < -0.4 is 10.2 Å². The fraction of sp³-hybridized carbons (Fsp3) is 0.316. The minimum Gasteiger partial charge on any atom is -0.494 e. The number of rotatable bonds is 11. The van der Waals surface area contributed by atoms with Crippen LogP contribution in [0, 0.1) is 20.2 Å². The van der Waals surface area contributed by atoms with E-state index in [-0.39, 0.29) is 11.4 Å². The molecular weight excluding hydrogens is 364 g/mol. The molecule has 0 bridgehead atoms. The summed E-state index contributed by atoms with van der Waals surface area (Å²) >= 11 is 0. The number of anilines is 1. The summed E-state index contributed by atoms with van der Waals surface area (Å²) in [5.74, 6) is 0.771. The van der Waals surface area contributed by atoms with Crippen LogP contribution in [0.4, 0.5) is 17.1 Å². The first kappa shape index (κ1) is 20.8. The maximum Gasteiger partial charge on any atom is 0.301 e. The molecule has 28 heavy (non-hydrogen) atoms. The highest BCUT2D eigenvalue weighted by atomic mass is 16.6. The van der Waals surface area contributed by atoms with Crippen molar-refractivity contribution in [2.45, 2.75) is 32.6 Å². The lowest BCUT2D eigenvalue weighted by atomic mass is 10.2. The van der Waals surface area contributed by atoms with Crippen LogP contribution in [0.15, 0.2) is 47.6 Å². The summed E-state index contributed by atoms with van der Waals surface area (Å²) in [5.41, 5.74) is 2.62. The lowest BCUT2D eigenvalue weighted by Crippen LogP contribution is -1.99. The van der Waals surface area contributed by atoms with E-state index in [0.717, 1.165) is 30.2 Å². The maximum absolute atomic E-state index is 11.1. The minimum atomic E-state index is -0.697. The number of hydrogen-bond donors (Lipinski definition) is 1. The number of non-ortho nitro benzene ring substituents is 1. The second-order valence-electron chi connectivity index (χ2n) is 6.06. The van der Waals surface area contributed by atoms with Crippen molar-refractivity contribution in [3.8, 4) is 5.75 Å². The van der Waals surface area contributed by atoms with Gasteiger partial charge in [0.1, 0.15) is 11.4 Å². The van der Waals surface area contributed by atoms with Gasteiger partial charge >= 0.3 is 5.69 Å². The third-order valence-corrected chi connectivity index (χ3v) is 3.93. The van der Waals surface area contributed by atoms with Crippen LogP contribution in [0.25, 0.3) is 0 Å². The number of nitro benzene ring substituents is 2. The van der Waals surface area contributed by atoms with E-state index in [1.165, 1.54) is 31.2 Å². The van der Waals surface area contributed by atoms with E-state index in [4.69, 9.17) is 4.74 Å². The lowest BCUT2D eigenvalue weighted by molar-refractivity contribution is -0.393. The molecule has 0 aromatic heterocycles. The van der Waals surface area contributed by atoms with Gasteiger partial charge in [0.05, 0.1) is 28.7 Å². The summed E-state index contributed by atoms with van der Waals surface area (Å²) in [6.07, 6.45) is 6.07. The topological polar surface area (TPSA) is 120 Å². The normalized spacial score (nSPS) is 10.8. The maximum atomic E-state index is 11.1. The number of hydrogen-bond acceptors (Lipinski definition) is 7. The van der Waals surface area contributed by atoms with Crippen LogP contribution in [0.3, 0.4) is 0 Å². The molecule has 2 rings (SSSR count). The fourth-order valence-corrected chi connectivity index (χ4v) is 2.42. The van der Waals surface area contributed by atoms with Crippen molar-refractivity contribution in [3.05, 3.63) is 68.3 Å². The number of benzene rings is 2. The zero-order valence-electron chi connectivity index (χ0n) is 15.5. The zero-order chi connectivity index (χ0) is 20.4. The summed E-state index contributed by atoms with van der Waals surface area (Å²) < 4.78 is 5.66. The Bertz CT molecular complexity index is 837. The van der Waals surface area contributed by atoms with Gasteiger partial charge in [-0.25, -0.2) is 0 Å². The second kappa shape index (κ2) is 10.6. The number of ether oxygens (including phenoxy) is 1. The molecule has 0 radical (unpaired) electrons. The van der Waals surface area contributed by atoms with Crippen molar-refractivity contribution < 1.29 is 14.6 Å². The molecule has 148 valence electrons. The first-order valence-corrected chi connectivity index (χ1v) is 8.96. The van der Waals surface area contributed by atoms with Crippen LogP contribution in [0.5, 0.6) is 5.75 Å². The van der Waals surface area contributed by atoms with E-state index < -0.39 is 15.5 Å². The zero-order valence-corrected chi connectivity index (χ0v) is 15.5. The number of nitrogens with zero attached hydrogens (tertiary/aromatic N) is 3. The summed E-state index contributed by atoms with van der Waals surface area (Å²) in [4.78, 5) is 20.5. The summed E-state index contributed by atoms with van der Waals surface area (Å²) in [6.45, 7) is 2.84. The van der Waals surface area contributed by atoms with Gasteiger partial charge in [-0.3, -0.25) is 25.7 Å². The van der Waals surface area contributed by atoms with E-state index >= 15 is 0 Å². The Morgan fingerprint density at radius 3 is 2.43 bits per heavy atom. The summed E-state index contributed by atoms with van der Waals surface area (Å²) in [7, 11) is 0. The van der Waals surface area contributed by atoms with Crippen LogP contribution in [-0.2, 0) is 0 Å². The highest BCUT2D eigenvalue weighted by Crippen LogP contribution is 2.28. The molecule has 0 heterocycles. The quantitative estimate of drug-likeness (QED) is 0.254. The van der Waals surface area contributed by atoms with E-state index in [2.05, 4.69) is 17.5 Å². The molecule has 0 fully saturated rings. The summed E-state index contributed by atoms with van der Waals surface area (Å²) in [5, 5.41) is 25.8. The Labute approximate surface area is 162 Å². The largest absolute Gasteiger partial charge is 0.494 e. The molecule has 0 aliphatic rings. The Morgan fingerprint density at radius 2 is 1.79 bits per heavy atom. The summed E-state index contributed by atoms with van der Waals surface area (Å²) in [6, 6.07) is 10.6. The van der Waals surface area contributed by atoms with Crippen molar-refractivity contribution in [2.75, 3.05) is 12.0 Å². The monoisotopic (exact) mass is 386 g/mol. The van der Waals surface area contributed by atoms with Crippen LogP contribution in [0.1, 0.15) is 38.2 Å². The van der Waals surface area contributed by atoms with E-state index in [1.807, 2.05) is 24.3 Å². The molecule has 0 aliphatic carbocycles. The number of nitrogens with one attached hydrogen (secondary N) is 1. The molecule has 2 aromatic rings. The molecule has 9 nitrogen and oxygen atoms in total. The molecule has 0 unspecified atom stereocenters. The molecule has 0 saturated carbocycles. The smallest absolute Gasteiger partial charge is 0.301 e. The average Bonchev–Trinajstić information content (AvgIpc) is 2.69. The Kier molecular flexibility index (Phi) is 7.89. The van der Waals surface area contributed by atoms with Gasteiger partial charge in [-0.15, -0.1) is 0 Å². The van der Waals surface area contributed by atoms with Gasteiger partial charge in [-0.1, -0.05) is 26.2 Å². The molecule has 0 atom stereocenters. The van der Waals surface area contributed by atoms with Gasteiger partial charge in [0, 0.05) is 6.07 Å². The number of hydrazone groups is 1. The van der Waals surface area contributed by atoms with Gasteiger partial charge in [-0.2, -0.15) is 5.10 Å². The molecule has 0 saturated heterocycles. The third kappa shape index (κ3) is 6.35. The molecule has 1 N–H and O–H groups in total. The predicted octanol–water partition coefficient (Wildman–Crippen LogP) is 4.91. The van der Waals surface area contributed by atoms with Gasteiger partial charge < -0.3 is 4.74 Å². The first-order chi connectivity index (χ1) is 13.5. The molecule has 0 aliphatic heterocycles. The number of unbranched alkanes of at least 4 members (excludes halogenated alkanes) is 3. The Hall–Kier alpha value is -3.49. The third-order valence-electron chi connectivity index (χ3n) is 3.93. The molecule has 0 amide bonds.